The second-order valence-corrected chi connectivity index (χ2v) is 9.80. The fourth-order valence-electron chi connectivity index (χ4n) is 3.30. The van der Waals surface area contributed by atoms with E-state index in [0.717, 1.165) is 9.87 Å². The highest BCUT2D eigenvalue weighted by Crippen LogP contribution is 2.18. The van der Waals surface area contributed by atoms with Crippen LogP contribution in [-0.4, -0.2) is 66.0 Å². The maximum Gasteiger partial charge on any atom is 0.276 e. The standard InChI is InChI=1S/C23H32N2O7S/c1-3-19(27)11-12-22(29)24-20(14-18-8-5-4-6-9-18)21(28)16-25(15-17(2)26)33(30,31)23-10-7-13-32-23/h4-10,13,17,20-21,26,28H,3,11-12,14-16H2,1-2H3,(H,24,29)/t17-,20+,21-/m1/s1. The molecule has 3 atom stereocenters. The van der Waals surface area contributed by atoms with Crippen LogP contribution in [0.2, 0.25) is 0 Å². The lowest BCUT2D eigenvalue weighted by atomic mass is 10.0. The monoisotopic (exact) mass is 480 g/mol. The van der Waals surface area contributed by atoms with Crippen LogP contribution < -0.4 is 5.32 Å². The largest absolute Gasteiger partial charge is 0.452 e. The number of nitrogens with zero attached hydrogens (tertiary/aromatic N) is 1. The first-order valence-corrected chi connectivity index (χ1v) is 12.3. The van der Waals surface area contributed by atoms with E-state index in [1.54, 1.807) is 6.92 Å². The van der Waals surface area contributed by atoms with E-state index in [1.165, 1.54) is 25.3 Å². The summed E-state index contributed by atoms with van der Waals surface area (Å²) in [6, 6.07) is 11.0. The molecule has 0 aliphatic rings. The van der Waals surface area contributed by atoms with Crippen LogP contribution in [0.25, 0.3) is 0 Å². The van der Waals surface area contributed by atoms with Gasteiger partial charge in [-0.1, -0.05) is 37.3 Å². The molecule has 0 bridgehead atoms. The van der Waals surface area contributed by atoms with Crippen molar-refractivity contribution in [2.24, 2.45) is 0 Å². The number of carbonyl (C=O) groups is 2. The second kappa shape index (κ2) is 12.6. The normalized spacial score (nSPS) is 14.6. The van der Waals surface area contributed by atoms with Crippen LogP contribution in [0.15, 0.2) is 58.2 Å². The summed E-state index contributed by atoms with van der Waals surface area (Å²) < 4.78 is 31.9. The van der Waals surface area contributed by atoms with Gasteiger partial charge in [0.1, 0.15) is 5.78 Å². The zero-order valence-electron chi connectivity index (χ0n) is 18.9. The minimum atomic E-state index is -4.12. The molecule has 0 radical (unpaired) electrons. The highest BCUT2D eigenvalue weighted by atomic mass is 32.2. The smallest absolute Gasteiger partial charge is 0.276 e. The molecule has 0 saturated heterocycles. The molecule has 1 amide bonds. The molecule has 2 rings (SSSR count). The Bertz CT molecular complexity index is 976. The van der Waals surface area contributed by atoms with Crippen LogP contribution in [-0.2, 0) is 26.0 Å². The first kappa shape index (κ1) is 26.7. The van der Waals surface area contributed by atoms with Gasteiger partial charge >= 0.3 is 0 Å². The van der Waals surface area contributed by atoms with Gasteiger partial charge in [-0.2, -0.15) is 4.31 Å². The topological polar surface area (TPSA) is 137 Å². The van der Waals surface area contributed by atoms with Crippen LogP contribution in [0.1, 0.15) is 38.7 Å². The third kappa shape index (κ3) is 8.39. The van der Waals surface area contributed by atoms with Crippen molar-refractivity contribution in [3.8, 4) is 0 Å². The third-order valence-corrected chi connectivity index (χ3v) is 6.80. The summed E-state index contributed by atoms with van der Waals surface area (Å²) >= 11 is 0. The Kier molecular flexibility index (Phi) is 10.2. The highest BCUT2D eigenvalue weighted by Gasteiger charge is 2.33. The molecule has 1 heterocycles. The zero-order chi connectivity index (χ0) is 24.4. The van der Waals surface area contributed by atoms with Crippen LogP contribution in [0.3, 0.4) is 0 Å². The van der Waals surface area contributed by atoms with Crippen molar-refractivity contribution in [3.63, 3.8) is 0 Å². The predicted molar refractivity (Wildman–Crippen MR) is 122 cm³/mol. The number of nitrogens with one attached hydrogen (secondary N) is 1. The van der Waals surface area contributed by atoms with Crippen molar-refractivity contribution in [2.75, 3.05) is 13.1 Å². The number of sulfonamides is 1. The zero-order valence-corrected chi connectivity index (χ0v) is 19.7. The Morgan fingerprint density at radius 3 is 2.33 bits per heavy atom. The van der Waals surface area contributed by atoms with E-state index in [2.05, 4.69) is 5.32 Å². The SMILES string of the molecule is CCC(=O)CCC(=O)N[C@@H](Cc1ccccc1)[C@H](O)CN(C[C@@H](C)O)S(=O)(=O)c1ccco1. The molecular formula is C23H32N2O7S. The number of hydrogen-bond donors (Lipinski definition) is 3. The number of benzene rings is 1. The Balaban J connectivity index is 2.21. The number of furan rings is 1. The van der Waals surface area contributed by atoms with Crippen molar-refractivity contribution in [1.29, 1.82) is 0 Å². The minimum Gasteiger partial charge on any atom is -0.452 e. The number of carbonyl (C=O) groups excluding carboxylic acids is 2. The van der Waals surface area contributed by atoms with Gasteiger partial charge in [0.05, 0.1) is 24.5 Å². The number of aliphatic hydroxyl groups is 2. The lowest BCUT2D eigenvalue weighted by Crippen LogP contribution is -2.51. The van der Waals surface area contributed by atoms with Gasteiger partial charge in [-0.05, 0) is 31.0 Å². The van der Waals surface area contributed by atoms with Crippen molar-refractivity contribution < 1.29 is 32.6 Å². The van der Waals surface area contributed by atoms with Crippen LogP contribution in [0.5, 0.6) is 0 Å². The number of aliphatic hydroxyl groups excluding tert-OH is 2. The molecule has 0 saturated carbocycles. The fraction of sp³-hybridized carbons (Fsp3) is 0.478. The van der Waals surface area contributed by atoms with Gasteiger partial charge in [0, 0.05) is 32.4 Å². The lowest BCUT2D eigenvalue weighted by Gasteiger charge is -2.30. The maximum atomic E-state index is 13.0. The molecule has 0 aliphatic heterocycles. The molecule has 9 nitrogen and oxygen atoms in total. The highest BCUT2D eigenvalue weighted by molar-refractivity contribution is 7.89. The fourth-order valence-corrected chi connectivity index (χ4v) is 4.74. The molecule has 2 aromatic rings. The summed E-state index contributed by atoms with van der Waals surface area (Å²) in [5, 5.41) is 23.3. The maximum absolute atomic E-state index is 13.0. The van der Waals surface area contributed by atoms with Gasteiger partial charge in [-0.25, -0.2) is 8.42 Å². The predicted octanol–water partition coefficient (Wildman–Crippen LogP) is 1.50. The summed E-state index contributed by atoms with van der Waals surface area (Å²) in [5.74, 6) is -0.453. The average Bonchev–Trinajstić information content (AvgIpc) is 3.33. The number of rotatable bonds is 14. The summed E-state index contributed by atoms with van der Waals surface area (Å²) in [6.45, 7) is 2.51. The van der Waals surface area contributed by atoms with Crippen molar-refractivity contribution >= 4 is 21.7 Å². The number of ketones is 1. The molecule has 0 aliphatic carbocycles. The van der Waals surface area contributed by atoms with Crippen molar-refractivity contribution in [1.82, 2.24) is 9.62 Å². The molecule has 33 heavy (non-hydrogen) atoms. The van der Waals surface area contributed by atoms with Crippen molar-refractivity contribution in [3.05, 3.63) is 54.3 Å². The number of hydrogen-bond acceptors (Lipinski definition) is 7. The summed E-state index contributed by atoms with van der Waals surface area (Å²) in [5.41, 5.74) is 0.836. The van der Waals surface area contributed by atoms with E-state index >= 15 is 0 Å². The Hall–Kier alpha value is -2.53. The summed E-state index contributed by atoms with van der Waals surface area (Å²) in [4.78, 5) is 24.0. The molecule has 3 N–H and O–H groups in total. The summed E-state index contributed by atoms with van der Waals surface area (Å²) in [7, 11) is -4.12. The van der Waals surface area contributed by atoms with Gasteiger partial charge in [0.25, 0.3) is 10.0 Å². The van der Waals surface area contributed by atoms with Gasteiger partial charge < -0.3 is 19.9 Å². The van der Waals surface area contributed by atoms with E-state index in [1.807, 2.05) is 30.3 Å². The Morgan fingerprint density at radius 2 is 1.76 bits per heavy atom. The summed E-state index contributed by atoms with van der Waals surface area (Å²) in [6.07, 6.45) is -0.408. The minimum absolute atomic E-state index is 0.0211. The molecule has 0 fully saturated rings. The van der Waals surface area contributed by atoms with E-state index in [0.29, 0.717) is 6.42 Å². The molecular weight excluding hydrogens is 448 g/mol. The van der Waals surface area contributed by atoms with Gasteiger partial charge in [-0.3, -0.25) is 9.59 Å². The first-order valence-electron chi connectivity index (χ1n) is 10.9. The van der Waals surface area contributed by atoms with Crippen molar-refractivity contribution in [2.45, 2.75) is 62.9 Å². The number of amides is 1. The van der Waals surface area contributed by atoms with Gasteiger partial charge in [0.2, 0.25) is 11.0 Å². The average molecular weight is 481 g/mol. The van der Waals surface area contributed by atoms with Crippen LogP contribution in [0.4, 0.5) is 0 Å². The molecule has 1 aromatic carbocycles. The molecule has 182 valence electrons. The molecule has 1 aromatic heterocycles. The van der Waals surface area contributed by atoms with E-state index < -0.39 is 34.2 Å². The third-order valence-electron chi connectivity index (χ3n) is 5.08. The van der Waals surface area contributed by atoms with E-state index in [-0.39, 0.29) is 43.2 Å². The first-order chi connectivity index (χ1) is 15.6. The van der Waals surface area contributed by atoms with Crippen LogP contribution in [0, 0.1) is 0 Å². The van der Waals surface area contributed by atoms with E-state index in [9.17, 15) is 28.2 Å². The molecule has 0 unspecified atom stereocenters. The van der Waals surface area contributed by atoms with Gasteiger partial charge in [0.15, 0.2) is 0 Å². The lowest BCUT2D eigenvalue weighted by molar-refractivity contribution is -0.126. The van der Waals surface area contributed by atoms with E-state index in [4.69, 9.17) is 4.42 Å². The Morgan fingerprint density at radius 1 is 1.06 bits per heavy atom. The quantitative estimate of drug-likeness (QED) is 0.373. The molecule has 10 heteroatoms. The van der Waals surface area contributed by atoms with Crippen LogP contribution >= 0.6 is 0 Å². The van der Waals surface area contributed by atoms with Gasteiger partial charge in [-0.15, -0.1) is 0 Å². The second-order valence-electron chi connectivity index (χ2n) is 7.93. The Labute approximate surface area is 194 Å². The molecule has 0 spiro atoms. The number of Topliss-reactive ketones (excluding diaryl/α,β-unsaturated/α-hetero) is 1.